The third-order valence-electron chi connectivity index (χ3n) is 6.77. The van der Waals surface area contributed by atoms with E-state index in [2.05, 4.69) is 20.5 Å². The summed E-state index contributed by atoms with van der Waals surface area (Å²) >= 11 is 0. The van der Waals surface area contributed by atoms with Gasteiger partial charge in [0.15, 0.2) is 0 Å². The lowest BCUT2D eigenvalue weighted by atomic mass is 9.98. The number of hydrogen-bond donors (Lipinski definition) is 2. The van der Waals surface area contributed by atoms with E-state index in [1.807, 2.05) is 42.9 Å². The molecule has 0 saturated carbocycles. The second-order valence-corrected chi connectivity index (χ2v) is 9.57. The highest BCUT2D eigenvalue weighted by Gasteiger charge is 2.34. The predicted octanol–water partition coefficient (Wildman–Crippen LogP) is 4.51. The van der Waals surface area contributed by atoms with Crippen molar-refractivity contribution in [1.82, 2.24) is 29.9 Å². The number of fused-ring (bicyclic) bond motifs is 1. The molecule has 0 bridgehead atoms. The van der Waals surface area contributed by atoms with E-state index in [-0.39, 0.29) is 22.4 Å². The van der Waals surface area contributed by atoms with Crippen molar-refractivity contribution < 1.29 is 22.8 Å². The largest absolute Gasteiger partial charge is 0.433 e. The minimum atomic E-state index is -4.71. The Morgan fingerprint density at radius 3 is 2.46 bits per heavy atom. The zero-order valence-electron chi connectivity index (χ0n) is 22.2. The van der Waals surface area contributed by atoms with E-state index in [0.717, 1.165) is 16.8 Å². The van der Waals surface area contributed by atoms with Gasteiger partial charge in [0.05, 0.1) is 29.9 Å². The number of nitrogens with one attached hydrogen (secondary N) is 1. The molecule has 0 aliphatic rings. The van der Waals surface area contributed by atoms with E-state index in [1.165, 1.54) is 6.07 Å². The Morgan fingerprint density at radius 1 is 1.05 bits per heavy atom. The van der Waals surface area contributed by atoms with Gasteiger partial charge in [0.25, 0.3) is 5.91 Å². The van der Waals surface area contributed by atoms with Crippen molar-refractivity contribution in [2.75, 3.05) is 6.54 Å². The maximum Gasteiger partial charge on any atom is 0.433 e. The van der Waals surface area contributed by atoms with Crippen LogP contribution in [-0.2, 0) is 19.3 Å². The molecule has 0 saturated heterocycles. The number of halogens is 3. The molecule has 0 radical (unpaired) electrons. The van der Waals surface area contributed by atoms with Crippen LogP contribution in [0, 0.1) is 13.8 Å². The number of carbonyl (C=O) groups excluding carboxylic acids is 2. The van der Waals surface area contributed by atoms with Crippen molar-refractivity contribution in [2.45, 2.75) is 33.1 Å². The van der Waals surface area contributed by atoms with Crippen molar-refractivity contribution in [1.29, 1.82) is 0 Å². The van der Waals surface area contributed by atoms with Gasteiger partial charge >= 0.3 is 6.18 Å². The van der Waals surface area contributed by atoms with Gasteiger partial charge in [0.2, 0.25) is 5.91 Å². The minimum Gasteiger partial charge on any atom is -0.366 e. The average Bonchev–Trinajstić information content (AvgIpc) is 3.54. The number of rotatable bonds is 8. The Kier molecular flexibility index (Phi) is 7.31. The molecular weight excluding hydrogens is 535 g/mol. The molecule has 12 heteroatoms. The van der Waals surface area contributed by atoms with Gasteiger partial charge in [0.1, 0.15) is 5.69 Å². The minimum absolute atomic E-state index is 0.0191. The van der Waals surface area contributed by atoms with Crippen LogP contribution in [0.5, 0.6) is 0 Å². The van der Waals surface area contributed by atoms with Crippen molar-refractivity contribution >= 4 is 22.7 Å². The molecule has 0 aliphatic carbocycles. The fraction of sp³-hybridized carbons (Fsp3) is 0.207. The van der Waals surface area contributed by atoms with Crippen LogP contribution in [0.25, 0.3) is 22.0 Å². The number of alkyl halides is 3. The van der Waals surface area contributed by atoms with Gasteiger partial charge in [-0.3, -0.25) is 19.0 Å². The van der Waals surface area contributed by atoms with Gasteiger partial charge in [-0.05, 0) is 61.4 Å². The van der Waals surface area contributed by atoms with Gasteiger partial charge < -0.3 is 11.1 Å². The SMILES string of the molecule is Cc1nn(Cc2ccc(C(=O)NCCn3cccn3)cc2)c(C)c1-c1ccc2nc(C(F)(F)F)cc(C(N)=O)c2c1. The highest BCUT2D eigenvalue weighted by molar-refractivity contribution is 6.06. The molecule has 5 rings (SSSR count). The second-order valence-electron chi connectivity index (χ2n) is 9.57. The molecule has 9 nitrogen and oxygen atoms in total. The predicted molar refractivity (Wildman–Crippen MR) is 146 cm³/mol. The Labute approximate surface area is 232 Å². The number of nitrogens with zero attached hydrogens (tertiary/aromatic N) is 5. The molecule has 0 fully saturated rings. The maximum absolute atomic E-state index is 13.3. The molecule has 3 heterocycles. The molecule has 0 spiro atoms. The number of aromatic nitrogens is 5. The Bertz CT molecular complexity index is 1740. The standard InChI is InChI=1S/C29H26F3N7O2/c1-17-26(21-8-9-24-22(14-21)23(27(33)40)15-25(36-24)29(30,31)32)18(2)39(37-17)16-19-4-6-20(7-5-19)28(41)34-11-13-38-12-3-10-35-38/h3-10,12,14-15H,11,13,16H2,1-2H3,(H2,33,40)(H,34,41). The quantitative estimate of drug-likeness (QED) is 0.289. The van der Waals surface area contributed by atoms with Crippen molar-refractivity contribution in [2.24, 2.45) is 5.73 Å². The number of primary amides is 1. The molecule has 3 aromatic heterocycles. The summed E-state index contributed by atoms with van der Waals surface area (Å²) in [5.74, 6) is -1.15. The third kappa shape index (κ3) is 5.81. The van der Waals surface area contributed by atoms with E-state index >= 15 is 0 Å². The van der Waals surface area contributed by atoms with E-state index in [4.69, 9.17) is 5.73 Å². The number of nitrogens with two attached hydrogens (primary N) is 1. The summed E-state index contributed by atoms with van der Waals surface area (Å²) in [7, 11) is 0. The summed E-state index contributed by atoms with van der Waals surface area (Å²) in [6.45, 7) is 5.18. The lowest BCUT2D eigenvalue weighted by Crippen LogP contribution is -2.27. The number of amides is 2. The van der Waals surface area contributed by atoms with Crippen LogP contribution in [-0.4, -0.2) is 42.9 Å². The Balaban J connectivity index is 1.36. The zero-order chi connectivity index (χ0) is 29.3. The van der Waals surface area contributed by atoms with E-state index in [1.54, 1.807) is 35.1 Å². The first-order chi connectivity index (χ1) is 19.5. The van der Waals surface area contributed by atoms with Gasteiger partial charge in [-0.2, -0.15) is 23.4 Å². The number of aryl methyl sites for hydroxylation is 1. The topological polar surface area (TPSA) is 121 Å². The van der Waals surface area contributed by atoms with Gasteiger partial charge in [0, 0.05) is 41.1 Å². The third-order valence-corrected chi connectivity index (χ3v) is 6.77. The molecule has 5 aromatic rings. The number of hydrogen-bond acceptors (Lipinski definition) is 5. The fourth-order valence-corrected chi connectivity index (χ4v) is 4.75. The number of benzene rings is 2. The van der Waals surface area contributed by atoms with Crippen molar-refractivity contribution in [3.63, 3.8) is 0 Å². The number of carbonyl (C=O) groups is 2. The van der Waals surface area contributed by atoms with Gasteiger partial charge in [-0.15, -0.1) is 0 Å². The normalized spacial score (nSPS) is 11.6. The first-order valence-corrected chi connectivity index (χ1v) is 12.7. The first-order valence-electron chi connectivity index (χ1n) is 12.7. The highest BCUT2D eigenvalue weighted by Crippen LogP contribution is 2.34. The van der Waals surface area contributed by atoms with Crippen molar-refractivity contribution in [3.8, 4) is 11.1 Å². The van der Waals surface area contributed by atoms with Crippen LogP contribution in [0.2, 0.25) is 0 Å². The average molecular weight is 562 g/mol. The van der Waals surface area contributed by atoms with E-state index < -0.39 is 17.8 Å². The number of pyridine rings is 1. The molecule has 3 N–H and O–H groups in total. The van der Waals surface area contributed by atoms with Gasteiger partial charge in [-0.25, -0.2) is 4.98 Å². The zero-order valence-corrected chi connectivity index (χ0v) is 22.2. The van der Waals surface area contributed by atoms with Crippen LogP contribution in [0.1, 0.15) is 43.4 Å². The lowest BCUT2D eigenvalue weighted by molar-refractivity contribution is -0.141. The molecular formula is C29H26F3N7O2. The summed E-state index contributed by atoms with van der Waals surface area (Å²) in [4.78, 5) is 28.2. The molecule has 210 valence electrons. The summed E-state index contributed by atoms with van der Waals surface area (Å²) in [5, 5.41) is 11.9. The lowest BCUT2D eigenvalue weighted by Gasteiger charge is -2.12. The maximum atomic E-state index is 13.3. The van der Waals surface area contributed by atoms with Crippen LogP contribution in [0.3, 0.4) is 0 Å². The summed E-state index contributed by atoms with van der Waals surface area (Å²) in [6, 6.07) is 14.4. The fourth-order valence-electron chi connectivity index (χ4n) is 4.75. The van der Waals surface area contributed by atoms with Crippen molar-refractivity contribution in [3.05, 3.63) is 101 Å². The molecule has 0 unspecified atom stereocenters. The van der Waals surface area contributed by atoms with E-state index in [9.17, 15) is 22.8 Å². The Hall–Kier alpha value is -5.00. The smallest absolute Gasteiger partial charge is 0.366 e. The van der Waals surface area contributed by atoms with Crippen LogP contribution < -0.4 is 11.1 Å². The first kappa shape index (κ1) is 27.6. The Morgan fingerprint density at radius 2 is 1.80 bits per heavy atom. The molecule has 41 heavy (non-hydrogen) atoms. The highest BCUT2D eigenvalue weighted by atomic mass is 19.4. The van der Waals surface area contributed by atoms with Crippen LogP contribution >= 0.6 is 0 Å². The molecule has 0 aliphatic heterocycles. The summed E-state index contributed by atoms with van der Waals surface area (Å²) in [6.07, 6.45) is -1.20. The molecule has 0 atom stereocenters. The summed E-state index contributed by atoms with van der Waals surface area (Å²) < 4.78 is 43.5. The molecule has 2 amide bonds. The summed E-state index contributed by atoms with van der Waals surface area (Å²) in [5.41, 5.74) is 8.46. The van der Waals surface area contributed by atoms with Crippen LogP contribution in [0.15, 0.2) is 67.0 Å². The van der Waals surface area contributed by atoms with E-state index in [0.29, 0.717) is 42.5 Å². The van der Waals surface area contributed by atoms with Gasteiger partial charge in [-0.1, -0.05) is 18.2 Å². The second kappa shape index (κ2) is 10.9. The molecule has 2 aromatic carbocycles. The van der Waals surface area contributed by atoms with Crippen LogP contribution in [0.4, 0.5) is 13.2 Å². The monoisotopic (exact) mass is 561 g/mol.